The lowest BCUT2D eigenvalue weighted by Gasteiger charge is -2.19. The van der Waals surface area contributed by atoms with Crippen molar-refractivity contribution in [2.24, 2.45) is 11.7 Å². The number of amides is 3. The van der Waals surface area contributed by atoms with Gasteiger partial charge in [-0.25, -0.2) is 14.8 Å². The van der Waals surface area contributed by atoms with Crippen LogP contribution < -0.4 is 11.1 Å². The van der Waals surface area contributed by atoms with Gasteiger partial charge in [-0.2, -0.15) is 0 Å². The Morgan fingerprint density at radius 1 is 1.07 bits per heavy atom. The number of aromatic nitrogens is 2. The lowest BCUT2D eigenvalue weighted by Crippen LogP contribution is -2.42. The number of hydrogen-bond donors (Lipinski definition) is 2. The smallest absolute Gasteiger partial charge is 0.318 e. The van der Waals surface area contributed by atoms with Gasteiger partial charge in [-0.15, -0.1) is 0 Å². The number of benzene rings is 2. The number of imide groups is 1. The van der Waals surface area contributed by atoms with E-state index in [0.717, 1.165) is 20.9 Å². The quantitative estimate of drug-likeness (QED) is 0.436. The van der Waals surface area contributed by atoms with E-state index in [-0.39, 0.29) is 5.92 Å². The highest BCUT2D eigenvalue weighted by atomic mass is 79.9. The molecule has 3 rings (SSSR count). The first-order chi connectivity index (χ1) is 13.3. The Morgan fingerprint density at radius 3 is 2.39 bits per heavy atom. The first kappa shape index (κ1) is 20.3. The van der Waals surface area contributed by atoms with Crippen molar-refractivity contribution in [2.75, 3.05) is 0 Å². The van der Waals surface area contributed by atoms with Gasteiger partial charge in [0.05, 0.1) is 10.8 Å². The highest BCUT2D eigenvalue weighted by Gasteiger charge is 2.26. The molecule has 8 heteroatoms. The van der Waals surface area contributed by atoms with Crippen molar-refractivity contribution in [1.82, 2.24) is 15.3 Å². The molecule has 144 valence electrons. The molecule has 0 aliphatic heterocycles. The molecule has 1 atom stereocenters. The fourth-order valence-corrected chi connectivity index (χ4v) is 4.05. The highest BCUT2D eigenvalue weighted by Crippen LogP contribution is 2.33. The van der Waals surface area contributed by atoms with Crippen LogP contribution in [0.4, 0.5) is 4.79 Å². The molecule has 0 saturated heterocycles. The fourth-order valence-electron chi connectivity index (χ4n) is 2.67. The molecule has 3 aromatic rings. The second-order valence-corrected chi connectivity index (χ2v) is 8.56. The third-order valence-electron chi connectivity index (χ3n) is 4.02. The molecule has 0 radical (unpaired) electrons. The van der Waals surface area contributed by atoms with Gasteiger partial charge in [-0.3, -0.25) is 10.1 Å². The number of halogens is 1. The Hall–Kier alpha value is -2.45. The molecule has 3 amide bonds. The van der Waals surface area contributed by atoms with E-state index in [0.29, 0.717) is 10.9 Å². The number of hydrogen-bond acceptors (Lipinski definition) is 5. The van der Waals surface area contributed by atoms with Crippen LogP contribution in [0.25, 0.3) is 22.3 Å². The lowest BCUT2D eigenvalue weighted by atomic mass is 10.1. The topological polar surface area (TPSA) is 98.0 Å². The Balaban J connectivity index is 2.06. The number of nitrogens with zero attached hydrogens (tertiary/aromatic N) is 2. The average Bonchev–Trinajstić information content (AvgIpc) is 2.65. The summed E-state index contributed by atoms with van der Waals surface area (Å²) in [7, 11) is 0. The summed E-state index contributed by atoms with van der Waals surface area (Å²) < 4.78 is 0.967. The molecule has 0 saturated carbocycles. The monoisotopic (exact) mass is 458 g/mol. The zero-order valence-corrected chi connectivity index (χ0v) is 17.8. The number of primary amides is 1. The zero-order chi connectivity index (χ0) is 20.3. The number of carbonyl (C=O) groups excluding carboxylic acids is 2. The Labute approximate surface area is 175 Å². The van der Waals surface area contributed by atoms with Crippen LogP contribution >= 0.6 is 27.7 Å². The molecule has 28 heavy (non-hydrogen) atoms. The number of nitrogens with two attached hydrogens (primary N) is 1. The van der Waals surface area contributed by atoms with Crippen molar-refractivity contribution in [1.29, 1.82) is 0 Å². The molecule has 0 aliphatic carbocycles. The molecule has 0 spiro atoms. The molecular formula is C20H19BrN4O2S. The van der Waals surface area contributed by atoms with Gasteiger partial charge in [0, 0.05) is 15.4 Å². The fraction of sp³-hybridized carbons (Fsp3) is 0.200. The normalized spacial score (nSPS) is 12.1. The van der Waals surface area contributed by atoms with E-state index >= 15 is 0 Å². The summed E-state index contributed by atoms with van der Waals surface area (Å²) in [6.07, 6.45) is 0. The second-order valence-electron chi connectivity index (χ2n) is 6.51. The van der Waals surface area contributed by atoms with Crippen molar-refractivity contribution >= 4 is 50.5 Å². The van der Waals surface area contributed by atoms with Crippen LogP contribution in [0.2, 0.25) is 0 Å². The number of urea groups is 1. The Kier molecular flexibility index (Phi) is 6.31. The first-order valence-corrected chi connectivity index (χ1v) is 10.3. The van der Waals surface area contributed by atoms with Crippen molar-refractivity contribution in [3.63, 3.8) is 0 Å². The van der Waals surface area contributed by atoms with Crippen LogP contribution in [0.15, 0.2) is 58.0 Å². The SMILES string of the molecule is CC(C)[C@@H](Sc1nc(-c2ccc(Br)cc2)nc2ccccc12)C(=O)NC(N)=O. The molecule has 0 unspecified atom stereocenters. The van der Waals surface area contributed by atoms with E-state index in [2.05, 4.69) is 26.2 Å². The summed E-state index contributed by atoms with van der Waals surface area (Å²) in [5.41, 5.74) is 6.78. The van der Waals surface area contributed by atoms with Gasteiger partial charge in [0.2, 0.25) is 5.91 Å². The molecular weight excluding hydrogens is 440 g/mol. The maximum atomic E-state index is 12.4. The molecule has 6 nitrogen and oxygen atoms in total. The maximum absolute atomic E-state index is 12.4. The van der Waals surface area contributed by atoms with Crippen molar-refractivity contribution in [3.05, 3.63) is 53.0 Å². The summed E-state index contributed by atoms with van der Waals surface area (Å²) in [5.74, 6) is 0.112. The molecule has 0 bridgehead atoms. The van der Waals surface area contributed by atoms with E-state index < -0.39 is 17.2 Å². The minimum atomic E-state index is -0.862. The van der Waals surface area contributed by atoms with Crippen LogP contribution in [0, 0.1) is 5.92 Å². The van der Waals surface area contributed by atoms with Gasteiger partial charge >= 0.3 is 6.03 Å². The summed E-state index contributed by atoms with van der Waals surface area (Å²) in [4.78, 5) is 33.0. The second kappa shape index (κ2) is 8.70. The molecule has 3 N–H and O–H groups in total. The predicted molar refractivity (Wildman–Crippen MR) is 115 cm³/mol. The van der Waals surface area contributed by atoms with Crippen molar-refractivity contribution < 1.29 is 9.59 Å². The predicted octanol–water partition coefficient (Wildman–Crippen LogP) is 4.37. The summed E-state index contributed by atoms with van der Waals surface area (Å²) in [6, 6.07) is 14.5. The van der Waals surface area contributed by atoms with Gasteiger partial charge in [0.25, 0.3) is 0 Å². The van der Waals surface area contributed by atoms with Crippen molar-refractivity contribution in [3.8, 4) is 11.4 Å². The molecule has 2 aromatic carbocycles. The average molecular weight is 459 g/mol. The third kappa shape index (κ3) is 4.69. The highest BCUT2D eigenvalue weighted by molar-refractivity contribution is 9.10. The van der Waals surface area contributed by atoms with E-state index in [9.17, 15) is 9.59 Å². The van der Waals surface area contributed by atoms with Crippen LogP contribution in [0.1, 0.15) is 13.8 Å². The molecule has 1 heterocycles. The van der Waals surface area contributed by atoms with Gasteiger partial charge in [0.15, 0.2) is 5.82 Å². The molecule has 0 fully saturated rings. The van der Waals surface area contributed by atoms with Crippen LogP contribution in [0.5, 0.6) is 0 Å². The van der Waals surface area contributed by atoms with E-state index in [4.69, 9.17) is 10.7 Å². The summed E-state index contributed by atoms with van der Waals surface area (Å²) in [6.45, 7) is 3.83. The minimum Gasteiger partial charge on any atom is -0.351 e. The van der Waals surface area contributed by atoms with Gasteiger partial charge in [-0.1, -0.05) is 71.9 Å². The molecule has 1 aromatic heterocycles. The van der Waals surface area contributed by atoms with E-state index in [1.807, 2.05) is 62.4 Å². The Morgan fingerprint density at radius 2 is 1.75 bits per heavy atom. The number of carbonyl (C=O) groups is 2. The number of nitrogens with one attached hydrogen (secondary N) is 1. The van der Waals surface area contributed by atoms with E-state index in [1.54, 1.807) is 0 Å². The number of rotatable bonds is 5. The van der Waals surface area contributed by atoms with Crippen LogP contribution in [-0.4, -0.2) is 27.2 Å². The summed E-state index contributed by atoms with van der Waals surface area (Å²) >= 11 is 4.74. The first-order valence-electron chi connectivity index (χ1n) is 8.65. The standard InChI is InChI=1S/C20H19BrN4O2S/c1-11(2)16(18(26)25-20(22)27)28-19-14-5-3-4-6-15(14)23-17(24-19)12-7-9-13(21)10-8-12/h3-11,16H,1-2H3,(H3,22,25,26,27)/t16-/m1/s1. The third-order valence-corrected chi connectivity index (χ3v) is 6.10. The van der Waals surface area contributed by atoms with Gasteiger partial charge in [-0.05, 0) is 24.1 Å². The van der Waals surface area contributed by atoms with Crippen LogP contribution in [0.3, 0.4) is 0 Å². The lowest BCUT2D eigenvalue weighted by molar-refractivity contribution is -0.120. The number of thioether (sulfide) groups is 1. The number of fused-ring (bicyclic) bond motifs is 1. The maximum Gasteiger partial charge on any atom is 0.318 e. The van der Waals surface area contributed by atoms with Gasteiger partial charge < -0.3 is 5.73 Å². The Bertz CT molecular complexity index is 1020. The van der Waals surface area contributed by atoms with Crippen molar-refractivity contribution in [2.45, 2.75) is 24.1 Å². The number of para-hydroxylation sites is 1. The van der Waals surface area contributed by atoms with Gasteiger partial charge in [0.1, 0.15) is 5.03 Å². The minimum absolute atomic E-state index is 0.0331. The zero-order valence-electron chi connectivity index (χ0n) is 15.3. The molecule has 0 aliphatic rings. The summed E-state index contributed by atoms with van der Waals surface area (Å²) in [5, 5.41) is 3.19. The largest absolute Gasteiger partial charge is 0.351 e. The van der Waals surface area contributed by atoms with E-state index in [1.165, 1.54) is 11.8 Å². The van der Waals surface area contributed by atoms with Crippen LogP contribution in [-0.2, 0) is 4.79 Å².